The van der Waals surface area contributed by atoms with Gasteiger partial charge in [-0.1, -0.05) is 38.3 Å². The molecule has 1 aliphatic heterocycles. The van der Waals surface area contributed by atoms with Crippen molar-refractivity contribution in [2.45, 2.75) is 44.2 Å². The second-order valence-corrected chi connectivity index (χ2v) is 9.34. The van der Waals surface area contributed by atoms with Crippen LogP contribution in [0.25, 0.3) is 0 Å². The van der Waals surface area contributed by atoms with Crippen molar-refractivity contribution in [2.24, 2.45) is 5.92 Å². The zero-order chi connectivity index (χ0) is 21.1. The number of piperazine rings is 1. The van der Waals surface area contributed by atoms with Crippen molar-refractivity contribution in [3.63, 3.8) is 0 Å². The predicted octanol–water partition coefficient (Wildman–Crippen LogP) is 4.02. The van der Waals surface area contributed by atoms with Gasteiger partial charge in [0.05, 0.1) is 10.6 Å². The van der Waals surface area contributed by atoms with Crippen molar-refractivity contribution in [3.05, 3.63) is 28.8 Å². The Morgan fingerprint density at radius 1 is 1.21 bits per heavy atom. The molecule has 0 bridgehead atoms. The highest BCUT2D eigenvalue weighted by Gasteiger charge is 2.35. The molecular weight excluding hydrogens is 417 g/mol. The van der Waals surface area contributed by atoms with E-state index in [1.54, 1.807) is 4.90 Å². The van der Waals surface area contributed by atoms with Crippen molar-refractivity contribution >= 4 is 27.5 Å². The fraction of sp³-hybridized carbons (Fsp3) is 0.611. The number of hydrogen-bond acceptors (Lipinski definition) is 3. The topological polar surface area (TPSA) is 57.7 Å². The summed E-state index contributed by atoms with van der Waals surface area (Å²) >= 11 is 5.88. The number of hydrogen-bond donors (Lipinski definition) is 0. The summed E-state index contributed by atoms with van der Waals surface area (Å²) in [5.74, 6) is 0.221. The minimum Gasteiger partial charge on any atom is -0.340 e. The van der Waals surface area contributed by atoms with E-state index in [2.05, 4.69) is 0 Å². The lowest BCUT2D eigenvalue weighted by atomic mass is 10.0. The van der Waals surface area contributed by atoms with Gasteiger partial charge in [0.2, 0.25) is 15.9 Å². The highest BCUT2D eigenvalue weighted by molar-refractivity contribution is 7.89. The van der Waals surface area contributed by atoms with E-state index in [4.69, 9.17) is 11.6 Å². The van der Waals surface area contributed by atoms with Gasteiger partial charge in [0.25, 0.3) is 0 Å². The van der Waals surface area contributed by atoms with Crippen LogP contribution in [0.1, 0.15) is 38.7 Å². The lowest BCUT2D eigenvalue weighted by Gasteiger charge is -2.34. The van der Waals surface area contributed by atoms with Crippen LogP contribution in [0.3, 0.4) is 0 Å². The summed E-state index contributed by atoms with van der Waals surface area (Å²) in [4.78, 5) is 13.4. The minimum absolute atomic E-state index is 0.0167. The quantitative estimate of drug-likeness (QED) is 0.671. The Morgan fingerprint density at radius 3 is 2.36 bits per heavy atom. The number of amides is 1. The number of benzene rings is 1. The zero-order valence-electron chi connectivity index (χ0n) is 15.8. The molecule has 158 valence electrons. The number of carbonyl (C=O) groups is 1. The second kappa shape index (κ2) is 9.00. The van der Waals surface area contributed by atoms with Gasteiger partial charge in [0.15, 0.2) is 0 Å². The van der Waals surface area contributed by atoms with Crippen molar-refractivity contribution in [3.8, 4) is 0 Å². The molecule has 0 aliphatic carbocycles. The van der Waals surface area contributed by atoms with Crippen LogP contribution in [0.5, 0.6) is 0 Å². The van der Waals surface area contributed by atoms with Crippen molar-refractivity contribution in [1.82, 2.24) is 9.21 Å². The van der Waals surface area contributed by atoms with Crippen LogP contribution in [0.15, 0.2) is 23.1 Å². The third-order valence-corrected chi connectivity index (χ3v) is 7.15. The summed E-state index contributed by atoms with van der Waals surface area (Å²) in [5.41, 5.74) is -1.07. The fourth-order valence-electron chi connectivity index (χ4n) is 3.22. The van der Waals surface area contributed by atoms with Gasteiger partial charge in [0.1, 0.15) is 4.90 Å². The lowest BCUT2D eigenvalue weighted by Crippen LogP contribution is -2.50. The van der Waals surface area contributed by atoms with Crippen LogP contribution in [-0.2, 0) is 21.0 Å². The molecule has 1 aromatic rings. The Balaban J connectivity index is 2.10. The van der Waals surface area contributed by atoms with Crippen molar-refractivity contribution in [1.29, 1.82) is 0 Å². The first kappa shape index (κ1) is 23.0. The van der Waals surface area contributed by atoms with Crippen LogP contribution >= 0.6 is 11.6 Å². The third-order valence-electron chi connectivity index (χ3n) is 4.77. The number of nitrogens with zero attached hydrogens (tertiary/aromatic N) is 2. The van der Waals surface area contributed by atoms with Crippen molar-refractivity contribution < 1.29 is 26.4 Å². The van der Waals surface area contributed by atoms with Gasteiger partial charge in [-0.25, -0.2) is 8.42 Å². The molecule has 0 N–H and O–H groups in total. The van der Waals surface area contributed by atoms with E-state index in [9.17, 15) is 26.4 Å². The highest BCUT2D eigenvalue weighted by Crippen LogP contribution is 2.34. The van der Waals surface area contributed by atoms with Gasteiger partial charge in [-0.3, -0.25) is 4.79 Å². The van der Waals surface area contributed by atoms with E-state index in [0.717, 1.165) is 29.3 Å². The van der Waals surface area contributed by atoms with Crippen LogP contribution in [0, 0.1) is 5.92 Å². The van der Waals surface area contributed by atoms with Gasteiger partial charge < -0.3 is 4.90 Å². The Kier molecular flexibility index (Phi) is 7.38. The molecule has 1 unspecified atom stereocenters. The number of halogens is 4. The first-order valence-electron chi connectivity index (χ1n) is 9.11. The summed E-state index contributed by atoms with van der Waals surface area (Å²) in [6.45, 7) is 4.48. The number of sulfonamides is 1. The standard InChI is InChI=1S/C18H24ClF3N2O3S/c1-3-4-13(2)11-17(25)23-7-9-24(10-8-23)28(26,27)16-12-14(18(20,21)22)5-6-15(16)19/h5-6,12-13H,3-4,7-11H2,1-2H3. The van der Waals surface area contributed by atoms with Gasteiger partial charge in [-0.2, -0.15) is 17.5 Å². The van der Waals surface area contributed by atoms with E-state index in [0.29, 0.717) is 12.5 Å². The van der Waals surface area contributed by atoms with Crippen LogP contribution in [0.4, 0.5) is 13.2 Å². The first-order chi connectivity index (χ1) is 13.0. The number of rotatable bonds is 6. The SMILES string of the molecule is CCCC(C)CC(=O)N1CCN(S(=O)(=O)c2cc(C(F)(F)F)ccc2Cl)CC1. The fourth-order valence-corrected chi connectivity index (χ4v) is 5.14. The minimum atomic E-state index is -4.67. The molecule has 1 aromatic carbocycles. The Morgan fingerprint density at radius 2 is 1.82 bits per heavy atom. The predicted molar refractivity (Wildman–Crippen MR) is 100 cm³/mol. The smallest absolute Gasteiger partial charge is 0.340 e. The Hall–Kier alpha value is -1.32. The van der Waals surface area contributed by atoms with E-state index in [1.165, 1.54) is 0 Å². The number of alkyl halides is 3. The molecule has 10 heteroatoms. The monoisotopic (exact) mass is 440 g/mol. The Bertz CT molecular complexity index is 807. The maximum absolute atomic E-state index is 12.9. The van der Waals surface area contributed by atoms with E-state index in [-0.39, 0.29) is 43.0 Å². The van der Waals surface area contributed by atoms with Gasteiger partial charge in [-0.05, 0) is 24.1 Å². The molecular formula is C18H24ClF3N2O3S. The average Bonchev–Trinajstić information content (AvgIpc) is 2.61. The molecule has 5 nitrogen and oxygen atoms in total. The lowest BCUT2D eigenvalue weighted by molar-refractivity contribution is -0.137. The Labute approximate surface area is 168 Å². The average molecular weight is 441 g/mol. The van der Waals surface area contributed by atoms with Crippen LogP contribution in [0.2, 0.25) is 5.02 Å². The molecule has 0 aromatic heterocycles. The molecule has 0 saturated carbocycles. The maximum atomic E-state index is 12.9. The summed E-state index contributed by atoms with van der Waals surface area (Å²) in [6, 6.07) is 2.24. The first-order valence-corrected chi connectivity index (χ1v) is 10.9. The summed E-state index contributed by atoms with van der Waals surface area (Å²) in [6.07, 6.45) is -2.35. The summed E-state index contributed by atoms with van der Waals surface area (Å²) < 4.78 is 65.5. The van der Waals surface area contributed by atoms with E-state index < -0.39 is 26.7 Å². The highest BCUT2D eigenvalue weighted by atomic mass is 35.5. The summed E-state index contributed by atoms with van der Waals surface area (Å²) in [5, 5.41) is -0.264. The summed E-state index contributed by atoms with van der Waals surface area (Å²) in [7, 11) is -4.19. The molecule has 28 heavy (non-hydrogen) atoms. The molecule has 1 amide bonds. The molecule has 1 heterocycles. The molecule has 1 fully saturated rings. The van der Waals surface area contributed by atoms with Crippen LogP contribution < -0.4 is 0 Å². The maximum Gasteiger partial charge on any atom is 0.416 e. The molecule has 1 atom stereocenters. The largest absolute Gasteiger partial charge is 0.416 e. The number of carbonyl (C=O) groups excluding carboxylic acids is 1. The van der Waals surface area contributed by atoms with Crippen molar-refractivity contribution in [2.75, 3.05) is 26.2 Å². The van der Waals surface area contributed by atoms with E-state index in [1.807, 2.05) is 13.8 Å². The normalized spacial score (nSPS) is 17.6. The third kappa shape index (κ3) is 5.39. The van der Waals surface area contributed by atoms with Gasteiger partial charge in [0, 0.05) is 32.6 Å². The molecule has 1 aliphatic rings. The van der Waals surface area contributed by atoms with E-state index >= 15 is 0 Å². The van der Waals surface area contributed by atoms with Crippen LogP contribution in [-0.4, -0.2) is 49.7 Å². The second-order valence-electron chi connectivity index (χ2n) is 7.03. The van der Waals surface area contributed by atoms with Gasteiger partial charge in [-0.15, -0.1) is 0 Å². The van der Waals surface area contributed by atoms with Gasteiger partial charge >= 0.3 is 6.18 Å². The molecule has 0 spiro atoms. The molecule has 2 rings (SSSR count). The molecule has 0 radical (unpaired) electrons. The molecule has 1 saturated heterocycles. The zero-order valence-corrected chi connectivity index (χ0v) is 17.4.